The van der Waals surface area contributed by atoms with E-state index in [1.165, 1.54) is 19.3 Å². The maximum Gasteiger partial charge on any atom is 0.303 e. The maximum absolute atomic E-state index is 10.8. The van der Waals surface area contributed by atoms with Crippen LogP contribution in [-0.4, -0.2) is 25.7 Å². The van der Waals surface area contributed by atoms with Crippen LogP contribution in [0.4, 0.5) is 0 Å². The SMILES string of the molecule is Cc1nc2cc(C3CCC3)nn2c(C)c1CCC(=O)O. The van der Waals surface area contributed by atoms with Crippen LogP contribution in [-0.2, 0) is 11.2 Å². The first-order chi connectivity index (χ1) is 9.56. The van der Waals surface area contributed by atoms with Gasteiger partial charge < -0.3 is 5.11 Å². The maximum atomic E-state index is 10.8. The normalized spacial score (nSPS) is 15.5. The van der Waals surface area contributed by atoms with Crippen molar-refractivity contribution in [2.45, 2.75) is 51.9 Å². The van der Waals surface area contributed by atoms with Gasteiger partial charge in [-0.05, 0) is 38.7 Å². The molecule has 1 fully saturated rings. The first-order valence-electron chi connectivity index (χ1n) is 7.14. The Hall–Kier alpha value is -1.91. The second-order valence-electron chi connectivity index (χ2n) is 5.62. The van der Waals surface area contributed by atoms with Gasteiger partial charge >= 0.3 is 5.97 Å². The molecule has 2 heterocycles. The van der Waals surface area contributed by atoms with Crippen molar-refractivity contribution in [2.24, 2.45) is 0 Å². The highest BCUT2D eigenvalue weighted by Crippen LogP contribution is 2.36. The summed E-state index contributed by atoms with van der Waals surface area (Å²) in [6, 6.07) is 2.07. The molecule has 0 radical (unpaired) electrons. The monoisotopic (exact) mass is 273 g/mol. The predicted molar refractivity (Wildman–Crippen MR) is 75.0 cm³/mol. The van der Waals surface area contributed by atoms with Gasteiger partial charge in [0, 0.05) is 29.8 Å². The molecule has 2 aromatic heterocycles. The highest BCUT2D eigenvalue weighted by Gasteiger charge is 2.23. The first-order valence-corrected chi connectivity index (χ1v) is 7.14. The van der Waals surface area contributed by atoms with Crippen LogP contribution in [0.2, 0.25) is 0 Å². The third-order valence-electron chi connectivity index (χ3n) is 4.30. The summed E-state index contributed by atoms with van der Waals surface area (Å²) in [5.74, 6) is -0.196. The Labute approximate surface area is 117 Å². The Morgan fingerprint density at radius 2 is 2.20 bits per heavy atom. The Kier molecular flexibility index (Phi) is 3.20. The van der Waals surface area contributed by atoms with Gasteiger partial charge in [0.25, 0.3) is 0 Å². The molecule has 1 saturated carbocycles. The second kappa shape index (κ2) is 4.89. The largest absolute Gasteiger partial charge is 0.481 e. The number of aryl methyl sites for hydroxylation is 2. The van der Waals surface area contributed by atoms with Crippen LogP contribution in [0.5, 0.6) is 0 Å². The van der Waals surface area contributed by atoms with Crippen molar-refractivity contribution in [2.75, 3.05) is 0 Å². The number of aliphatic carboxylic acids is 1. The molecule has 5 heteroatoms. The molecular weight excluding hydrogens is 254 g/mol. The summed E-state index contributed by atoms with van der Waals surface area (Å²) in [5.41, 5.74) is 4.93. The first kappa shape index (κ1) is 13.1. The Bertz CT molecular complexity index is 671. The van der Waals surface area contributed by atoms with Crippen molar-refractivity contribution in [3.05, 3.63) is 28.7 Å². The molecule has 20 heavy (non-hydrogen) atoms. The van der Waals surface area contributed by atoms with Crippen molar-refractivity contribution in [1.29, 1.82) is 0 Å². The van der Waals surface area contributed by atoms with Crippen molar-refractivity contribution in [3.8, 4) is 0 Å². The summed E-state index contributed by atoms with van der Waals surface area (Å²) in [5, 5.41) is 13.5. The lowest BCUT2D eigenvalue weighted by atomic mass is 9.83. The van der Waals surface area contributed by atoms with E-state index in [0.29, 0.717) is 12.3 Å². The zero-order chi connectivity index (χ0) is 14.3. The van der Waals surface area contributed by atoms with Crippen LogP contribution < -0.4 is 0 Å². The lowest BCUT2D eigenvalue weighted by molar-refractivity contribution is -0.136. The molecule has 0 aliphatic heterocycles. The van der Waals surface area contributed by atoms with Gasteiger partial charge in [-0.2, -0.15) is 5.10 Å². The van der Waals surface area contributed by atoms with E-state index in [1.807, 2.05) is 18.4 Å². The van der Waals surface area contributed by atoms with Crippen molar-refractivity contribution in [1.82, 2.24) is 14.6 Å². The quantitative estimate of drug-likeness (QED) is 0.929. The van der Waals surface area contributed by atoms with E-state index >= 15 is 0 Å². The van der Waals surface area contributed by atoms with Gasteiger partial charge in [-0.1, -0.05) is 6.42 Å². The molecule has 1 aliphatic carbocycles. The fourth-order valence-corrected chi connectivity index (χ4v) is 2.84. The van der Waals surface area contributed by atoms with Crippen LogP contribution in [0, 0.1) is 13.8 Å². The van der Waals surface area contributed by atoms with E-state index in [0.717, 1.165) is 28.3 Å². The molecule has 0 amide bonds. The Morgan fingerprint density at radius 3 is 2.80 bits per heavy atom. The minimum Gasteiger partial charge on any atom is -0.481 e. The van der Waals surface area contributed by atoms with Gasteiger partial charge in [-0.25, -0.2) is 9.50 Å². The lowest BCUT2D eigenvalue weighted by Gasteiger charge is -2.22. The molecule has 106 valence electrons. The second-order valence-corrected chi connectivity index (χ2v) is 5.62. The summed E-state index contributed by atoms with van der Waals surface area (Å²) >= 11 is 0. The van der Waals surface area contributed by atoms with E-state index < -0.39 is 5.97 Å². The average molecular weight is 273 g/mol. The molecule has 3 rings (SSSR count). The zero-order valence-electron chi connectivity index (χ0n) is 11.9. The van der Waals surface area contributed by atoms with Gasteiger partial charge in [0.15, 0.2) is 5.65 Å². The van der Waals surface area contributed by atoms with E-state index in [-0.39, 0.29) is 6.42 Å². The van der Waals surface area contributed by atoms with Gasteiger partial charge in [-0.3, -0.25) is 4.79 Å². The van der Waals surface area contributed by atoms with E-state index in [4.69, 9.17) is 5.11 Å². The number of aromatic nitrogens is 3. The number of rotatable bonds is 4. The molecule has 0 spiro atoms. The Morgan fingerprint density at radius 1 is 1.45 bits per heavy atom. The molecule has 0 unspecified atom stereocenters. The average Bonchev–Trinajstić information content (AvgIpc) is 2.69. The Balaban J connectivity index is 2.01. The van der Waals surface area contributed by atoms with Crippen LogP contribution >= 0.6 is 0 Å². The number of hydrogen-bond donors (Lipinski definition) is 1. The van der Waals surface area contributed by atoms with E-state index in [2.05, 4.69) is 16.1 Å². The van der Waals surface area contributed by atoms with E-state index in [1.54, 1.807) is 0 Å². The predicted octanol–water partition coefficient (Wildman–Crippen LogP) is 2.63. The third kappa shape index (κ3) is 2.17. The summed E-state index contributed by atoms with van der Waals surface area (Å²) < 4.78 is 1.87. The number of carboxylic acids is 1. The third-order valence-corrected chi connectivity index (χ3v) is 4.30. The van der Waals surface area contributed by atoms with Crippen molar-refractivity contribution in [3.63, 3.8) is 0 Å². The number of hydrogen-bond acceptors (Lipinski definition) is 3. The van der Waals surface area contributed by atoms with Gasteiger partial charge in [0.05, 0.1) is 5.69 Å². The minimum atomic E-state index is -0.778. The van der Waals surface area contributed by atoms with Crippen LogP contribution in [0.25, 0.3) is 5.65 Å². The van der Waals surface area contributed by atoms with Gasteiger partial charge in [0.2, 0.25) is 0 Å². The number of fused-ring (bicyclic) bond motifs is 1. The summed E-state index contributed by atoms with van der Waals surface area (Å²) in [7, 11) is 0. The minimum absolute atomic E-state index is 0.131. The number of nitrogens with zero attached hydrogens (tertiary/aromatic N) is 3. The summed E-state index contributed by atoms with van der Waals surface area (Å²) in [6.07, 6.45) is 4.36. The molecular formula is C15H19N3O2. The molecule has 1 N–H and O–H groups in total. The fourth-order valence-electron chi connectivity index (χ4n) is 2.84. The summed E-state index contributed by atoms with van der Waals surface area (Å²) in [4.78, 5) is 15.3. The molecule has 5 nitrogen and oxygen atoms in total. The van der Waals surface area contributed by atoms with Crippen LogP contribution in [0.3, 0.4) is 0 Å². The summed E-state index contributed by atoms with van der Waals surface area (Å²) in [6.45, 7) is 3.94. The van der Waals surface area contributed by atoms with E-state index in [9.17, 15) is 4.79 Å². The fraction of sp³-hybridized carbons (Fsp3) is 0.533. The highest BCUT2D eigenvalue weighted by atomic mass is 16.4. The molecule has 0 atom stereocenters. The zero-order valence-corrected chi connectivity index (χ0v) is 11.9. The number of carbonyl (C=O) groups is 1. The number of carboxylic acid groups (broad SMARTS) is 1. The molecule has 0 saturated heterocycles. The highest BCUT2D eigenvalue weighted by molar-refractivity contribution is 5.67. The smallest absolute Gasteiger partial charge is 0.303 e. The molecule has 1 aliphatic rings. The van der Waals surface area contributed by atoms with Gasteiger partial charge in [-0.15, -0.1) is 0 Å². The molecule has 0 bridgehead atoms. The van der Waals surface area contributed by atoms with Gasteiger partial charge in [0.1, 0.15) is 0 Å². The standard InChI is InChI=1S/C15H19N3O2/c1-9-12(6-7-15(19)20)10(2)18-14(16-9)8-13(17-18)11-4-3-5-11/h8,11H,3-7H2,1-2H3,(H,19,20). The molecule has 0 aromatic carbocycles. The molecule has 2 aromatic rings. The van der Waals surface area contributed by atoms with Crippen molar-refractivity contribution >= 4 is 11.6 Å². The van der Waals surface area contributed by atoms with Crippen LogP contribution in [0.15, 0.2) is 6.07 Å². The van der Waals surface area contributed by atoms with Crippen molar-refractivity contribution < 1.29 is 9.90 Å². The van der Waals surface area contributed by atoms with Crippen LogP contribution in [0.1, 0.15) is 54.2 Å². The lowest BCUT2D eigenvalue weighted by Crippen LogP contribution is -2.10. The topological polar surface area (TPSA) is 67.5 Å².